The highest BCUT2D eigenvalue weighted by Crippen LogP contribution is 2.12. The molecule has 3 N–H and O–H groups in total. The van der Waals surface area contributed by atoms with Gasteiger partial charge in [0.05, 0.1) is 0 Å². The summed E-state index contributed by atoms with van der Waals surface area (Å²) in [6.45, 7) is 4.70. The van der Waals surface area contributed by atoms with E-state index in [2.05, 4.69) is 16.0 Å². The topological polar surface area (TPSA) is 70.2 Å². The Morgan fingerprint density at radius 1 is 1.35 bits per heavy atom. The molecule has 1 saturated heterocycles. The van der Waals surface area contributed by atoms with E-state index in [0.717, 1.165) is 12.0 Å². The first-order valence-corrected chi connectivity index (χ1v) is 8.05. The number of hydrogen-bond acceptors (Lipinski definition) is 2. The van der Waals surface area contributed by atoms with Gasteiger partial charge in [0.1, 0.15) is 11.9 Å². The van der Waals surface area contributed by atoms with Crippen molar-refractivity contribution < 1.29 is 14.0 Å². The molecule has 1 aliphatic heterocycles. The first-order chi connectivity index (χ1) is 11.0. The molecule has 3 amide bonds. The minimum absolute atomic E-state index is 0.0906. The summed E-state index contributed by atoms with van der Waals surface area (Å²) in [5.41, 5.74) is 0.959. The zero-order valence-corrected chi connectivity index (χ0v) is 13.6. The van der Waals surface area contributed by atoms with E-state index in [-0.39, 0.29) is 29.7 Å². The van der Waals surface area contributed by atoms with Crippen molar-refractivity contribution >= 4 is 11.9 Å². The summed E-state index contributed by atoms with van der Waals surface area (Å²) in [6, 6.07) is 5.37. The fourth-order valence-corrected chi connectivity index (χ4v) is 2.61. The second-order valence-electron chi connectivity index (χ2n) is 6.28. The molecule has 1 fully saturated rings. The average Bonchev–Trinajstić information content (AvgIpc) is 2.51. The Bertz CT molecular complexity index is 545. The smallest absolute Gasteiger partial charge is 0.315 e. The fraction of sp³-hybridized carbons (Fsp3) is 0.529. The molecule has 2 rings (SSSR count). The van der Waals surface area contributed by atoms with Gasteiger partial charge in [0.25, 0.3) is 0 Å². The minimum Gasteiger partial charge on any atom is -0.354 e. The van der Waals surface area contributed by atoms with Crippen molar-refractivity contribution in [3.05, 3.63) is 35.6 Å². The van der Waals surface area contributed by atoms with Crippen LogP contribution in [0, 0.1) is 11.7 Å². The maximum Gasteiger partial charge on any atom is 0.315 e. The number of urea groups is 1. The first kappa shape index (κ1) is 17.2. The van der Waals surface area contributed by atoms with Crippen LogP contribution in [0.25, 0.3) is 0 Å². The van der Waals surface area contributed by atoms with Crippen molar-refractivity contribution in [2.24, 2.45) is 5.92 Å². The van der Waals surface area contributed by atoms with Crippen LogP contribution in [0.2, 0.25) is 0 Å². The average molecular weight is 321 g/mol. The molecule has 5 nitrogen and oxygen atoms in total. The third-order valence-electron chi connectivity index (χ3n) is 4.08. The van der Waals surface area contributed by atoms with Crippen molar-refractivity contribution in [2.45, 2.75) is 45.2 Å². The molecule has 0 unspecified atom stereocenters. The van der Waals surface area contributed by atoms with Crippen molar-refractivity contribution in [1.29, 1.82) is 0 Å². The number of piperidine rings is 1. The molecule has 1 heterocycles. The fourth-order valence-electron chi connectivity index (χ4n) is 2.61. The number of nitrogens with one attached hydrogen (secondary N) is 3. The third-order valence-corrected chi connectivity index (χ3v) is 4.08. The molecule has 6 heteroatoms. The summed E-state index contributed by atoms with van der Waals surface area (Å²) >= 11 is 0. The molecule has 1 aliphatic rings. The van der Waals surface area contributed by atoms with E-state index >= 15 is 0 Å². The van der Waals surface area contributed by atoms with E-state index in [1.807, 2.05) is 13.8 Å². The predicted octanol–water partition coefficient (Wildman–Crippen LogP) is 1.97. The molecule has 1 aromatic carbocycles. The summed E-state index contributed by atoms with van der Waals surface area (Å²) in [5, 5.41) is 8.39. The maximum atomic E-state index is 13.0. The molecule has 0 saturated carbocycles. The second kappa shape index (κ2) is 7.94. The van der Waals surface area contributed by atoms with Gasteiger partial charge in [-0.1, -0.05) is 26.0 Å². The largest absolute Gasteiger partial charge is 0.354 e. The van der Waals surface area contributed by atoms with Crippen molar-refractivity contribution in [1.82, 2.24) is 16.0 Å². The minimum atomic E-state index is -0.470. The summed E-state index contributed by atoms with van der Waals surface area (Å²) in [5.74, 6) is -0.194. The lowest BCUT2D eigenvalue weighted by atomic mass is 9.96. The highest BCUT2D eigenvalue weighted by Gasteiger charge is 2.25. The standard InChI is InChI=1S/C17H24FN3O2/c1-11(2)15(10-12-5-7-13(18)8-6-12)21-17(23)20-14-4-3-9-19-16(14)22/h5-8,11,14-15H,3-4,9-10H2,1-2H3,(H,19,22)(H2,20,21,23)/t14-,15+/m0/s1. The Hall–Kier alpha value is -2.11. The second-order valence-corrected chi connectivity index (χ2v) is 6.28. The van der Waals surface area contributed by atoms with Crippen LogP contribution in [-0.2, 0) is 11.2 Å². The van der Waals surface area contributed by atoms with Gasteiger partial charge in [-0.25, -0.2) is 9.18 Å². The van der Waals surface area contributed by atoms with Crippen molar-refractivity contribution in [3.63, 3.8) is 0 Å². The van der Waals surface area contributed by atoms with Crippen LogP contribution < -0.4 is 16.0 Å². The van der Waals surface area contributed by atoms with Gasteiger partial charge in [0.2, 0.25) is 5.91 Å². The summed E-state index contributed by atoms with van der Waals surface area (Å²) in [6.07, 6.45) is 2.13. The number of benzene rings is 1. The van der Waals surface area contributed by atoms with Gasteiger partial charge in [0, 0.05) is 12.6 Å². The molecule has 2 atom stereocenters. The molecule has 0 radical (unpaired) electrons. The van der Waals surface area contributed by atoms with Gasteiger partial charge in [-0.2, -0.15) is 0 Å². The summed E-state index contributed by atoms with van der Waals surface area (Å²) in [4.78, 5) is 23.8. The van der Waals surface area contributed by atoms with Crippen LogP contribution in [0.5, 0.6) is 0 Å². The SMILES string of the molecule is CC(C)[C@@H](Cc1ccc(F)cc1)NC(=O)N[C@H]1CCCNC1=O. The number of halogens is 1. The van der Waals surface area contributed by atoms with E-state index < -0.39 is 6.04 Å². The molecule has 0 spiro atoms. The number of carbonyl (C=O) groups excluding carboxylic acids is 2. The Labute approximate surface area is 136 Å². The van der Waals surface area contributed by atoms with E-state index in [1.54, 1.807) is 12.1 Å². The lowest BCUT2D eigenvalue weighted by Gasteiger charge is -2.26. The van der Waals surface area contributed by atoms with Crippen LogP contribution in [0.15, 0.2) is 24.3 Å². The Kier molecular flexibility index (Phi) is 5.96. The molecular formula is C17H24FN3O2. The maximum absolute atomic E-state index is 13.0. The van der Waals surface area contributed by atoms with Crippen LogP contribution >= 0.6 is 0 Å². The van der Waals surface area contributed by atoms with Gasteiger partial charge < -0.3 is 16.0 Å². The highest BCUT2D eigenvalue weighted by molar-refractivity contribution is 5.87. The van der Waals surface area contributed by atoms with E-state index in [9.17, 15) is 14.0 Å². The summed E-state index contributed by atoms with van der Waals surface area (Å²) in [7, 11) is 0. The first-order valence-electron chi connectivity index (χ1n) is 8.05. The van der Waals surface area contributed by atoms with Gasteiger partial charge in [-0.05, 0) is 42.9 Å². The van der Waals surface area contributed by atoms with Crippen molar-refractivity contribution in [2.75, 3.05) is 6.54 Å². The van der Waals surface area contributed by atoms with E-state index in [1.165, 1.54) is 12.1 Å². The van der Waals surface area contributed by atoms with Crippen molar-refractivity contribution in [3.8, 4) is 0 Å². The van der Waals surface area contributed by atoms with Gasteiger partial charge >= 0.3 is 6.03 Å². The molecular weight excluding hydrogens is 297 g/mol. The van der Waals surface area contributed by atoms with Gasteiger partial charge in [0.15, 0.2) is 0 Å². The number of carbonyl (C=O) groups is 2. The number of hydrogen-bond donors (Lipinski definition) is 3. The Balaban J connectivity index is 1.91. The lowest BCUT2D eigenvalue weighted by molar-refractivity contribution is -0.124. The zero-order valence-electron chi connectivity index (χ0n) is 13.6. The third kappa shape index (κ3) is 5.23. The van der Waals surface area contributed by atoms with E-state index in [4.69, 9.17) is 0 Å². The quantitative estimate of drug-likeness (QED) is 0.776. The van der Waals surface area contributed by atoms with E-state index in [0.29, 0.717) is 19.4 Å². The molecule has 0 aliphatic carbocycles. The highest BCUT2D eigenvalue weighted by atomic mass is 19.1. The van der Waals surface area contributed by atoms with Gasteiger partial charge in [-0.3, -0.25) is 4.79 Å². The van der Waals surface area contributed by atoms with Crippen LogP contribution in [0.1, 0.15) is 32.3 Å². The molecule has 0 aromatic heterocycles. The predicted molar refractivity (Wildman–Crippen MR) is 86.4 cm³/mol. The van der Waals surface area contributed by atoms with Crippen LogP contribution in [0.3, 0.4) is 0 Å². The molecule has 0 bridgehead atoms. The molecule has 1 aromatic rings. The Morgan fingerprint density at radius 2 is 2.04 bits per heavy atom. The Morgan fingerprint density at radius 3 is 2.65 bits per heavy atom. The number of rotatable bonds is 5. The zero-order chi connectivity index (χ0) is 16.8. The van der Waals surface area contributed by atoms with Gasteiger partial charge in [-0.15, -0.1) is 0 Å². The van der Waals surface area contributed by atoms with Crippen LogP contribution in [0.4, 0.5) is 9.18 Å². The normalized spacial score (nSPS) is 19.1. The van der Waals surface area contributed by atoms with Crippen LogP contribution in [-0.4, -0.2) is 30.6 Å². The molecule has 23 heavy (non-hydrogen) atoms. The lowest BCUT2D eigenvalue weighted by Crippen LogP contribution is -2.55. The monoisotopic (exact) mass is 321 g/mol. The number of amides is 3. The summed E-state index contributed by atoms with van der Waals surface area (Å²) < 4.78 is 13.0. The molecule has 126 valence electrons.